The van der Waals surface area contributed by atoms with Crippen LogP contribution in [0.15, 0.2) is 76.0 Å². The molecule has 0 aliphatic heterocycles. The van der Waals surface area contributed by atoms with Crippen molar-refractivity contribution in [3.05, 3.63) is 87.2 Å². The molecule has 1 amide bonds. The summed E-state index contributed by atoms with van der Waals surface area (Å²) in [7, 11) is -3.81. The predicted molar refractivity (Wildman–Crippen MR) is 123 cm³/mol. The lowest BCUT2D eigenvalue weighted by atomic mass is 10.2. The highest BCUT2D eigenvalue weighted by Gasteiger charge is 2.17. The molecule has 0 saturated carbocycles. The molecule has 0 unspecified atom stereocenters. The maximum absolute atomic E-state index is 12.5. The van der Waals surface area contributed by atoms with E-state index < -0.39 is 21.5 Å². The van der Waals surface area contributed by atoms with Gasteiger partial charge in [-0.05, 0) is 48.5 Å². The van der Waals surface area contributed by atoms with Crippen LogP contribution in [0.5, 0.6) is 0 Å². The van der Waals surface area contributed by atoms with Gasteiger partial charge in [0, 0.05) is 34.0 Å². The molecule has 4 aromatic rings. The number of rotatable bonds is 6. The van der Waals surface area contributed by atoms with Crippen molar-refractivity contribution in [3.63, 3.8) is 0 Å². The maximum atomic E-state index is 12.5. The second-order valence-electron chi connectivity index (χ2n) is 6.40. The van der Waals surface area contributed by atoms with Crippen LogP contribution in [0.4, 0.5) is 10.8 Å². The van der Waals surface area contributed by atoms with Crippen LogP contribution in [-0.2, 0) is 10.0 Å². The summed E-state index contributed by atoms with van der Waals surface area (Å²) in [6.45, 7) is 0. The Morgan fingerprint density at radius 3 is 2.38 bits per heavy atom. The Bertz CT molecular complexity index is 1420. The largest absolute Gasteiger partial charge is 0.322 e. The van der Waals surface area contributed by atoms with Crippen molar-refractivity contribution >= 4 is 49.7 Å². The van der Waals surface area contributed by atoms with Gasteiger partial charge in [-0.25, -0.2) is 18.4 Å². The zero-order valence-corrected chi connectivity index (χ0v) is 18.5. The van der Waals surface area contributed by atoms with Crippen LogP contribution in [-0.4, -0.2) is 29.3 Å². The Morgan fingerprint density at radius 1 is 1.03 bits per heavy atom. The molecule has 2 aromatic carbocycles. The minimum absolute atomic E-state index is 0.00229. The van der Waals surface area contributed by atoms with Gasteiger partial charge < -0.3 is 10.3 Å². The molecule has 0 atom stereocenters. The summed E-state index contributed by atoms with van der Waals surface area (Å²) in [5.74, 6) is -0.386. The van der Waals surface area contributed by atoms with E-state index in [-0.39, 0.29) is 15.6 Å². The number of nitrogens with zero attached hydrogens (tertiary/aromatic N) is 2. The van der Waals surface area contributed by atoms with Crippen LogP contribution in [0.1, 0.15) is 10.4 Å². The number of anilines is 2. The first-order valence-electron chi connectivity index (χ1n) is 9.01. The van der Waals surface area contributed by atoms with E-state index in [9.17, 15) is 18.0 Å². The van der Waals surface area contributed by atoms with Crippen molar-refractivity contribution in [1.29, 1.82) is 0 Å². The standard InChI is InChI=1S/C20H14ClN5O4S2/c21-13-3-1-12(2-4-13)17-23-11-16(19(28)25-17)18(27)24-14-5-7-15(8-6-14)32(29,30)26-20-22-9-10-31-20/h1-11H,(H,22,26)(H,24,27)(H,23,25,28). The minimum Gasteiger partial charge on any atom is -0.322 e. The predicted octanol–water partition coefficient (Wildman–Crippen LogP) is 3.60. The van der Waals surface area contributed by atoms with Crippen molar-refractivity contribution in [2.24, 2.45) is 0 Å². The zero-order valence-electron chi connectivity index (χ0n) is 16.1. The summed E-state index contributed by atoms with van der Waals surface area (Å²) in [5.41, 5.74) is 0.144. The molecule has 4 rings (SSSR count). The van der Waals surface area contributed by atoms with Gasteiger partial charge in [-0.15, -0.1) is 11.3 Å². The van der Waals surface area contributed by atoms with Crippen molar-refractivity contribution in [1.82, 2.24) is 15.0 Å². The molecule has 0 fully saturated rings. The molecule has 0 saturated heterocycles. The highest BCUT2D eigenvalue weighted by atomic mass is 35.5. The lowest BCUT2D eigenvalue weighted by Gasteiger charge is -2.08. The quantitative estimate of drug-likeness (QED) is 0.380. The van der Waals surface area contributed by atoms with E-state index in [1.807, 2.05) is 0 Å². The van der Waals surface area contributed by atoms with E-state index in [1.54, 1.807) is 29.6 Å². The minimum atomic E-state index is -3.81. The summed E-state index contributed by atoms with van der Waals surface area (Å²) >= 11 is 7.01. The molecule has 9 nitrogen and oxygen atoms in total. The van der Waals surface area contributed by atoms with Crippen LogP contribution >= 0.6 is 22.9 Å². The lowest BCUT2D eigenvalue weighted by Crippen LogP contribution is -2.24. The van der Waals surface area contributed by atoms with Gasteiger partial charge >= 0.3 is 0 Å². The number of benzene rings is 2. The van der Waals surface area contributed by atoms with Gasteiger partial charge in [0.25, 0.3) is 21.5 Å². The zero-order chi connectivity index (χ0) is 22.7. The van der Waals surface area contributed by atoms with E-state index in [1.165, 1.54) is 36.7 Å². The van der Waals surface area contributed by atoms with Gasteiger partial charge in [-0.1, -0.05) is 11.6 Å². The Balaban J connectivity index is 1.48. The molecule has 0 radical (unpaired) electrons. The number of carbonyl (C=O) groups is 1. The van der Waals surface area contributed by atoms with Crippen molar-refractivity contribution in [3.8, 4) is 11.4 Å². The molecule has 32 heavy (non-hydrogen) atoms. The van der Waals surface area contributed by atoms with Gasteiger partial charge in [0.15, 0.2) is 5.13 Å². The van der Waals surface area contributed by atoms with E-state index in [2.05, 4.69) is 25.0 Å². The van der Waals surface area contributed by atoms with Gasteiger partial charge in [0.05, 0.1) is 4.90 Å². The number of amides is 1. The average molecular weight is 488 g/mol. The molecular weight excluding hydrogens is 474 g/mol. The Labute approximate surface area is 191 Å². The number of hydrogen-bond acceptors (Lipinski definition) is 7. The molecule has 2 heterocycles. The number of H-pyrrole nitrogens is 1. The van der Waals surface area contributed by atoms with E-state index in [0.29, 0.717) is 22.1 Å². The van der Waals surface area contributed by atoms with E-state index in [0.717, 1.165) is 11.3 Å². The number of nitrogens with one attached hydrogen (secondary N) is 3. The third-order valence-electron chi connectivity index (χ3n) is 4.24. The first-order chi connectivity index (χ1) is 15.3. The third-order valence-corrected chi connectivity index (χ3v) is 6.66. The van der Waals surface area contributed by atoms with Crippen LogP contribution in [0.3, 0.4) is 0 Å². The van der Waals surface area contributed by atoms with Gasteiger partial charge in [0.2, 0.25) is 0 Å². The number of carbonyl (C=O) groups excluding carboxylic acids is 1. The SMILES string of the molecule is O=C(Nc1ccc(S(=O)(=O)Nc2nccs2)cc1)c1cnc(-c2ccc(Cl)cc2)[nH]c1=O. The lowest BCUT2D eigenvalue weighted by molar-refractivity contribution is 0.102. The molecule has 0 aliphatic rings. The summed E-state index contributed by atoms with van der Waals surface area (Å²) < 4.78 is 27.1. The van der Waals surface area contributed by atoms with Crippen LogP contribution in [0.25, 0.3) is 11.4 Å². The van der Waals surface area contributed by atoms with E-state index >= 15 is 0 Å². The highest BCUT2D eigenvalue weighted by Crippen LogP contribution is 2.20. The summed E-state index contributed by atoms with van der Waals surface area (Å²) in [6.07, 6.45) is 2.66. The Hall–Kier alpha value is -3.54. The first kappa shape index (κ1) is 21.7. The fraction of sp³-hybridized carbons (Fsp3) is 0. The number of sulfonamides is 1. The fourth-order valence-electron chi connectivity index (χ4n) is 2.67. The summed E-state index contributed by atoms with van der Waals surface area (Å²) in [4.78, 5) is 35.4. The van der Waals surface area contributed by atoms with Crippen molar-refractivity contribution < 1.29 is 13.2 Å². The molecule has 0 aliphatic carbocycles. The first-order valence-corrected chi connectivity index (χ1v) is 11.7. The van der Waals surface area contributed by atoms with Crippen molar-refractivity contribution in [2.45, 2.75) is 4.90 Å². The number of aromatic nitrogens is 3. The normalized spacial score (nSPS) is 11.2. The maximum Gasteiger partial charge on any atom is 0.264 e. The van der Waals surface area contributed by atoms with Crippen LogP contribution in [0, 0.1) is 0 Å². The smallest absolute Gasteiger partial charge is 0.264 e. The fourth-order valence-corrected chi connectivity index (χ4v) is 4.59. The molecular formula is C20H14ClN5O4S2. The monoisotopic (exact) mass is 487 g/mol. The van der Waals surface area contributed by atoms with Crippen molar-refractivity contribution in [2.75, 3.05) is 10.0 Å². The molecule has 162 valence electrons. The molecule has 2 aromatic heterocycles. The molecule has 0 spiro atoms. The topological polar surface area (TPSA) is 134 Å². The highest BCUT2D eigenvalue weighted by molar-refractivity contribution is 7.93. The van der Waals surface area contributed by atoms with Gasteiger partial charge in [0.1, 0.15) is 11.4 Å². The molecule has 0 bridgehead atoms. The Kier molecular flexibility index (Phi) is 6.04. The van der Waals surface area contributed by atoms with Gasteiger partial charge in [-0.2, -0.15) is 0 Å². The molecule has 3 N–H and O–H groups in total. The Morgan fingerprint density at radius 2 is 1.75 bits per heavy atom. The van der Waals surface area contributed by atoms with Gasteiger partial charge in [-0.3, -0.25) is 14.3 Å². The second-order valence-corrected chi connectivity index (χ2v) is 9.42. The average Bonchev–Trinajstić information content (AvgIpc) is 3.27. The summed E-state index contributed by atoms with van der Waals surface area (Å²) in [5, 5.41) is 4.99. The van der Waals surface area contributed by atoms with E-state index in [4.69, 9.17) is 11.6 Å². The number of thiazole rings is 1. The number of hydrogen-bond donors (Lipinski definition) is 3. The number of halogens is 1. The second kappa shape index (κ2) is 8.91. The number of aromatic amines is 1. The summed E-state index contributed by atoms with van der Waals surface area (Å²) in [6, 6.07) is 12.2. The van der Waals surface area contributed by atoms with Crippen LogP contribution < -0.4 is 15.6 Å². The third kappa shape index (κ3) is 4.85. The molecule has 12 heteroatoms. The van der Waals surface area contributed by atoms with Crippen LogP contribution in [0.2, 0.25) is 5.02 Å².